The van der Waals surface area contributed by atoms with Gasteiger partial charge < -0.3 is 14.8 Å². The second kappa shape index (κ2) is 10.2. The van der Waals surface area contributed by atoms with E-state index in [0.29, 0.717) is 18.2 Å². The van der Waals surface area contributed by atoms with Crippen molar-refractivity contribution in [2.75, 3.05) is 26.8 Å². The van der Waals surface area contributed by atoms with Crippen molar-refractivity contribution >= 4 is 5.91 Å². The van der Waals surface area contributed by atoms with Crippen LogP contribution in [0.15, 0.2) is 54.6 Å². The Labute approximate surface area is 167 Å². The molecule has 150 valence electrons. The Morgan fingerprint density at radius 2 is 1.89 bits per heavy atom. The number of piperidine rings is 1. The van der Waals surface area contributed by atoms with Crippen molar-refractivity contribution < 1.29 is 14.3 Å². The van der Waals surface area contributed by atoms with Crippen LogP contribution in [0.5, 0.6) is 5.75 Å². The Hall–Kier alpha value is -2.37. The predicted octanol–water partition coefficient (Wildman–Crippen LogP) is 3.49. The highest BCUT2D eigenvalue weighted by Gasteiger charge is 2.23. The Morgan fingerprint density at radius 1 is 1.14 bits per heavy atom. The van der Waals surface area contributed by atoms with Crippen LogP contribution in [0.3, 0.4) is 0 Å². The third-order valence-electron chi connectivity index (χ3n) is 5.20. The molecule has 28 heavy (non-hydrogen) atoms. The molecule has 0 aliphatic carbocycles. The first kappa shape index (κ1) is 20.4. The number of methoxy groups -OCH3 is 1. The van der Waals surface area contributed by atoms with Gasteiger partial charge in [-0.3, -0.25) is 9.69 Å². The highest BCUT2D eigenvalue weighted by Crippen LogP contribution is 2.21. The maximum absolute atomic E-state index is 12.5. The zero-order valence-electron chi connectivity index (χ0n) is 16.8. The van der Waals surface area contributed by atoms with E-state index in [9.17, 15) is 4.79 Å². The van der Waals surface area contributed by atoms with Crippen molar-refractivity contribution in [2.24, 2.45) is 0 Å². The van der Waals surface area contributed by atoms with Crippen molar-refractivity contribution in [2.45, 2.75) is 38.5 Å². The maximum Gasteiger partial charge on any atom is 0.251 e. The fourth-order valence-corrected chi connectivity index (χ4v) is 3.56. The third kappa shape index (κ3) is 5.81. The van der Waals surface area contributed by atoms with Crippen LogP contribution < -0.4 is 10.1 Å². The number of ether oxygens (including phenoxy) is 2. The quantitative estimate of drug-likeness (QED) is 0.759. The summed E-state index contributed by atoms with van der Waals surface area (Å²) in [6, 6.07) is 17.8. The number of nitrogens with one attached hydrogen (secondary N) is 1. The molecule has 5 nitrogen and oxygen atoms in total. The van der Waals surface area contributed by atoms with Crippen LogP contribution in [0, 0.1) is 0 Å². The van der Waals surface area contributed by atoms with Crippen LogP contribution in [0.25, 0.3) is 0 Å². The molecule has 0 bridgehead atoms. The van der Waals surface area contributed by atoms with Gasteiger partial charge in [-0.25, -0.2) is 0 Å². The number of rotatable bonds is 8. The summed E-state index contributed by atoms with van der Waals surface area (Å²) in [5, 5.41) is 2.96. The summed E-state index contributed by atoms with van der Waals surface area (Å²) < 4.78 is 11.4. The van der Waals surface area contributed by atoms with E-state index in [4.69, 9.17) is 9.47 Å². The van der Waals surface area contributed by atoms with Gasteiger partial charge in [-0.2, -0.15) is 0 Å². The normalized spacial score (nSPS) is 16.5. The Balaban J connectivity index is 1.50. The zero-order chi connectivity index (χ0) is 19.8. The van der Waals surface area contributed by atoms with Gasteiger partial charge in [-0.1, -0.05) is 36.4 Å². The molecule has 3 rings (SSSR count). The highest BCUT2D eigenvalue weighted by atomic mass is 16.5. The molecule has 1 N–H and O–H groups in total. The Kier molecular flexibility index (Phi) is 7.46. The average Bonchev–Trinajstić information content (AvgIpc) is 2.73. The van der Waals surface area contributed by atoms with Gasteiger partial charge in [0.1, 0.15) is 11.9 Å². The number of amides is 1. The lowest BCUT2D eigenvalue weighted by Crippen LogP contribution is -2.44. The maximum atomic E-state index is 12.5. The lowest BCUT2D eigenvalue weighted by Gasteiger charge is -2.35. The fraction of sp³-hybridized carbons (Fsp3) is 0.435. The smallest absolute Gasteiger partial charge is 0.251 e. The summed E-state index contributed by atoms with van der Waals surface area (Å²) >= 11 is 0. The van der Waals surface area contributed by atoms with Crippen LogP contribution in [0.2, 0.25) is 0 Å². The fourth-order valence-electron chi connectivity index (χ4n) is 3.56. The molecular formula is C23H30N2O3. The molecule has 1 heterocycles. The Bertz CT molecular complexity index is 743. The molecular weight excluding hydrogens is 352 g/mol. The molecule has 2 aromatic rings. The summed E-state index contributed by atoms with van der Waals surface area (Å²) in [6.07, 6.45) is 2.16. The number of likely N-dealkylation sites (tertiary alicyclic amines) is 1. The second-order valence-corrected chi connectivity index (χ2v) is 7.35. The molecule has 1 saturated heterocycles. The minimum Gasteiger partial charge on any atom is -0.490 e. The van der Waals surface area contributed by atoms with Crippen molar-refractivity contribution in [3.8, 4) is 5.75 Å². The number of hydrogen-bond acceptors (Lipinski definition) is 4. The minimum absolute atomic E-state index is 0.0856. The summed E-state index contributed by atoms with van der Waals surface area (Å²) in [5.41, 5.74) is 1.71. The standard InChI is InChI=1S/C23H30N2O3/c1-18(17-27-2)25-13-11-21(12-14-25)28-22-10-6-9-20(15-22)23(26)24-16-19-7-4-3-5-8-19/h3-10,15,18,21H,11-14,16-17H2,1-2H3,(H,24,26)/t18-/m1/s1. The molecule has 1 fully saturated rings. The minimum atomic E-state index is -0.0856. The van der Waals surface area contributed by atoms with E-state index in [-0.39, 0.29) is 12.0 Å². The number of nitrogens with zero attached hydrogens (tertiary/aromatic N) is 1. The monoisotopic (exact) mass is 382 g/mol. The van der Waals surface area contributed by atoms with E-state index in [0.717, 1.165) is 43.9 Å². The second-order valence-electron chi connectivity index (χ2n) is 7.35. The summed E-state index contributed by atoms with van der Waals surface area (Å²) in [5.74, 6) is 0.674. The molecule has 0 spiro atoms. The molecule has 2 aromatic carbocycles. The van der Waals surface area contributed by atoms with Gasteiger partial charge in [0.2, 0.25) is 0 Å². The molecule has 0 aromatic heterocycles. The first-order valence-electron chi connectivity index (χ1n) is 9.97. The molecule has 0 radical (unpaired) electrons. The Morgan fingerprint density at radius 3 is 2.61 bits per heavy atom. The van der Waals surface area contributed by atoms with E-state index in [1.807, 2.05) is 54.6 Å². The van der Waals surface area contributed by atoms with E-state index in [1.54, 1.807) is 7.11 Å². The average molecular weight is 383 g/mol. The third-order valence-corrected chi connectivity index (χ3v) is 5.20. The van der Waals surface area contributed by atoms with Gasteiger partial charge in [0.05, 0.1) is 6.61 Å². The van der Waals surface area contributed by atoms with E-state index in [1.165, 1.54) is 0 Å². The van der Waals surface area contributed by atoms with Gasteiger partial charge in [-0.15, -0.1) is 0 Å². The first-order chi connectivity index (χ1) is 13.7. The van der Waals surface area contributed by atoms with E-state index in [2.05, 4.69) is 17.1 Å². The number of hydrogen-bond donors (Lipinski definition) is 1. The van der Waals surface area contributed by atoms with Crippen LogP contribution >= 0.6 is 0 Å². The summed E-state index contributed by atoms with van der Waals surface area (Å²) in [4.78, 5) is 14.9. The predicted molar refractivity (Wildman–Crippen MR) is 111 cm³/mol. The molecule has 1 aliphatic heterocycles. The van der Waals surface area contributed by atoms with Crippen molar-refractivity contribution in [1.29, 1.82) is 0 Å². The zero-order valence-corrected chi connectivity index (χ0v) is 16.8. The van der Waals surface area contributed by atoms with Gasteiger partial charge in [0.25, 0.3) is 5.91 Å². The lowest BCUT2D eigenvalue weighted by atomic mass is 10.1. The van der Waals surface area contributed by atoms with Crippen molar-refractivity contribution in [1.82, 2.24) is 10.2 Å². The number of carbonyl (C=O) groups is 1. The molecule has 1 amide bonds. The van der Waals surface area contributed by atoms with E-state index < -0.39 is 0 Å². The van der Waals surface area contributed by atoms with Crippen LogP contribution in [0.4, 0.5) is 0 Å². The number of carbonyl (C=O) groups excluding carboxylic acids is 1. The van der Waals surface area contributed by atoms with Crippen molar-refractivity contribution in [3.05, 3.63) is 65.7 Å². The topological polar surface area (TPSA) is 50.8 Å². The lowest BCUT2D eigenvalue weighted by molar-refractivity contribution is 0.0474. The highest BCUT2D eigenvalue weighted by molar-refractivity contribution is 5.94. The molecule has 0 unspecified atom stereocenters. The van der Waals surface area contributed by atoms with Gasteiger partial charge in [0, 0.05) is 38.3 Å². The molecule has 5 heteroatoms. The summed E-state index contributed by atoms with van der Waals surface area (Å²) in [7, 11) is 1.75. The molecule has 0 saturated carbocycles. The van der Waals surface area contributed by atoms with Crippen LogP contribution in [0.1, 0.15) is 35.7 Å². The molecule has 1 atom stereocenters. The number of benzene rings is 2. The van der Waals surface area contributed by atoms with Crippen molar-refractivity contribution in [3.63, 3.8) is 0 Å². The van der Waals surface area contributed by atoms with E-state index >= 15 is 0 Å². The largest absolute Gasteiger partial charge is 0.490 e. The molecule has 1 aliphatic rings. The van der Waals surface area contributed by atoms with Gasteiger partial charge in [-0.05, 0) is 43.5 Å². The SMILES string of the molecule is COC[C@@H](C)N1CCC(Oc2cccc(C(=O)NCc3ccccc3)c2)CC1. The summed E-state index contributed by atoms with van der Waals surface area (Å²) in [6.45, 7) is 5.48. The van der Waals surface area contributed by atoms with Gasteiger partial charge in [0.15, 0.2) is 0 Å². The van der Waals surface area contributed by atoms with Crippen LogP contribution in [-0.4, -0.2) is 49.8 Å². The first-order valence-corrected chi connectivity index (χ1v) is 9.97. The van der Waals surface area contributed by atoms with Gasteiger partial charge >= 0.3 is 0 Å². The van der Waals surface area contributed by atoms with Crippen LogP contribution in [-0.2, 0) is 11.3 Å².